The summed E-state index contributed by atoms with van der Waals surface area (Å²) in [6, 6.07) is 13.3. The highest BCUT2D eigenvalue weighted by Gasteiger charge is 2.17. The van der Waals surface area contributed by atoms with Gasteiger partial charge in [-0.25, -0.2) is 4.39 Å². The quantitative estimate of drug-likeness (QED) is 0.869. The first kappa shape index (κ1) is 14.1. The second kappa shape index (κ2) is 6.19. The van der Waals surface area contributed by atoms with Crippen LogP contribution in [-0.2, 0) is 6.54 Å². The van der Waals surface area contributed by atoms with Gasteiger partial charge in [0.25, 0.3) is 5.91 Å². The van der Waals surface area contributed by atoms with Crippen molar-refractivity contribution in [1.82, 2.24) is 4.90 Å². The lowest BCUT2D eigenvalue weighted by Gasteiger charge is -2.21. The molecule has 0 fully saturated rings. The molecular formula is C16H17FN2O. The second-order valence-electron chi connectivity index (χ2n) is 4.54. The Labute approximate surface area is 117 Å². The summed E-state index contributed by atoms with van der Waals surface area (Å²) in [6.45, 7) is 2.82. The number of anilines is 1. The Hall–Kier alpha value is -2.36. The van der Waals surface area contributed by atoms with E-state index < -0.39 is 5.82 Å². The van der Waals surface area contributed by atoms with E-state index in [0.29, 0.717) is 18.8 Å². The van der Waals surface area contributed by atoms with Gasteiger partial charge in [-0.2, -0.15) is 0 Å². The standard InChI is InChI=1S/C16H17FN2O/c1-2-19(11-12-7-9-13(18)10-8-12)16(20)14-5-3-4-6-15(14)17/h3-10H,2,11,18H2,1H3. The van der Waals surface area contributed by atoms with E-state index in [-0.39, 0.29) is 11.5 Å². The minimum atomic E-state index is -0.492. The van der Waals surface area contributed by atoms with Crippen molar-refractivity contribution in [3.8, 4) is 0 Å². The zero-order chi connectivity index (χ0) is 14.5. The minimum absolute atomic E-state index is 0.102. The third-order valence-electron chi connectivity index (χ3n) is 3.13. The molecule has 0 radical (unpaired) electrons. The maximum absolute atomic E-state index is 13.7. The molecule has 0 aliphatic carbocycles. The third kappa shape index (κ3) is 3.15. The molecule has 0 aliphatic heterocycles. The molecule has 0 heterocycles. The molecule has 0 saturated heterocycles. The maximum atomic E-state index is 13.7. The van der Waals surface area contributed by atoms with Crippen LogP contribution in [0.15, 0.2) is 48.5 Å². The number of carbonyl (C=O) groups is 1. The molecule has 104 valence electrons. The highest BCUT2D eigenvalue weighted by molar-refractivity contribution is 5.94. The second-order valence-corrected chi connectivity index (χ2v) is 4.54. The number of carbonyl (C=O) groups excluding carboxylic acids is 1. The summed E-state index contributed by atoms with van der Waals surface area (Å²) in [7, 11) is 0. The van der Waals surface area contributed by atoms with E-state index in [2.05, 4.69) is 0 Å². The maximum Gasteiger partial charge on any atom is 0.257 e. The lowest BCUT2D eigenvalue weighted by atomic mass is 10.1. The smallest absolute Gasteiger partial charge is 0.257 e. The Bertz CT molecular complexity index is 596. The van der Waals surface area contributed by atoms with Gasteiger partial charge in [0.05, 0.1) is 5.56 Å². The van der Waals surface area contributed by atoms with Crippen molar-refractivity contribution in [2.24, 2.45) is 0 Å². The molecule has 0 bridgehead atoms. The van der Waals surface area contributed by atoms with Crippen LogP contribution in [0.25, 0.3) is 0 Å². The molecule has 20 heavy (non-hydrogen) atoms. The Kier molecular flexibility index (Phi) is 4.35. The SMILES string of the molecule is CCN(Cc1ccc(N)cc1)C(=O)c1ccccc1F. The van der Waals surface area contributed by atoms with Crippen LogP contribution in [0, 0.1) is 5.82 Å². The number of hydrogen-bond acceptors (Lipinski definition) is 2. The van der Waals surface area contributed by atoms with E-state index in [0.717, 1.165) is 5.56 Å². The molecule has 0 aromatic heterocycles. The molecule has 0 aliphatic rings. The van der Waals surface area contributed by atoms with Crippen molar-refractivity contribution in [3.05, 3.63) is 65.5 Å². The molecule has 0 saturated carbocycles. The van der Waals surface area contributed by atoms with Gasteiger partial charge in [-0.3, -0.25) is 4.79 Å². The molecule has 2 N–H and O–H groups in total. The van der Waals surface area contributed by atoms with Crippen LogP contribution in [0.2, 0.25) is 0 Å². The van der Waals surface area contributed by atoms with Crippen LogP contribution in [0.4, 0.5) is 10.1 Å². The van der Waals surface area contributed by atoms with Gasteiger partial charge in [0.15, 0.2) is 0 Å². The summed E-state index contributed by atoms with van der Waals surface area (Å²) in [5.74, 6) is -0.796. The molecule has 3 nitrogen and oxygen atoms in total. The molecule has 2 aromatic rings. The Morgan fingerprint density at radius 3 is 2.40 bits per heavy atom. The Morgan fingerprint density at radius 1 is 1.15 bits per heavy atom. The van der Waals surface area contributed by atoms with Crippen LogP contribution >= 0.6 is 0 Å². The zero-order valence-corrected chi connectivity index (χ0v) is 11.3. The van der Waals surface area contributed by atoms with Crippen molar-refractivity contribution >= 4 is 11.6 Å². The van der Waals surface area contributed by atoms with Crippen LogP contribution in [-0.4, -0.2) is 17.4 Å². The summed E-state index contributed by atoms with van der Waals surface area (Å²) >= 11 is 0. The molecule has 0 atom stereocenters. The van der Waals surface area contributed by atoms with Gasteiger partial charge in [0, 0.05) is 18.8 Å². The molecular weight excluding hydrogens is 255 g/mol. The lowest BCUT2D eigenvalue weighted by molar-refractivity contribution is 0.0748. The number of amides is 1. The van der Waals surface area contributed by atoms with Gasteiger partial charge in [-0.15, -0.1) is 0 Å². The molecule has 1 amide bonds. The Balaban J connectivity index is 2.18. The molecule has 2 aromatic carbocycles. The lowest BCUT2D eigenvalue weighted by Crippen LogP contribution is -2.30. The van der Waals surface area contributed by atoms with E-state index in [1.54, 1.807) is 29.2 Å². The van der Waals surface area contributed by atoms with E-state index >= 15 is 0 Å². The topological polar surface area (TPSA) is 46.3 Å². The van der Waals surface area contributed by atoms with Crippen LogP contribution in [0.5, 0.6) is 0 Å². The van der Waals surface area contributed by atoms with E-state index in [9.17, 15) is 9.18 Å². The van der Waals surface area contributed by atoms with Gasteiger partial charge in [0.1, 0.15) is 5.82 Å². The first-order chi connectivity index (χ1) is 9.61. The molecule has 2 rings (SSSR count). The van der Waals surface area contributed by atoms with E-state index in [1.165, 1.54) is 12.1 Å². The van der Waals surface area contributed by atoms with Gasteiger partial charge < -0.3 is 10.6 Å². The van der Waals surface area contributed by atoms with Gasteiger partial charge >= 0.3 is 0 Å². The van der Waals surface area contributed by atoms with Gasteiger partial charge in [0.2, 0.25) is 0 Å². The number of benzene rings is 2. The first-order valence-corrected chi connectivity index (χ1v) is 6.50. The number of halogens is 1. The Morgan fingerprint density at radius 2 is 1.80 bits per heavy atom. The number of nitrogen functional groups attached to an aromatic ring is 1. The number of rotatable bonds is 4. The fourth-order valence-corrected chi connectivity index (χ4v) is 1.98. The van der Waals surface area contributed by atoms with E-state index in [1.807, 2.05) is 19.1 Å². The predicted octanol–water partition coefficient (Wildman–Crippen LogP) is 3.07. The molecule has 0 unspecified atom stereocenters. The average Bonchev–Trinajstić information content (AvgIpc) is 2.46. The van der Waals surface area contributed by atoms with Crippen molar-refractivity contribution in [3.63, 3.8) is 0 Å². The van der Waals surface area contributed by atoms with Gasteiger partial charge in [-0.1, -0.05) is 24.3 Å². The number of nitrogens with two attached hydrogens (primary N) is 1. The predicted molar refractivity (Wildman–Crippen MR) is 77.7 cm³/mol. The van der Waals surface area contributed by atoms with Crippen LogP contribution in [0.3, 0.4) is 0 Å². The summed E-state index contributed by atoms with van der Waals surface area (Å²) in [4.78, 5) is 13.9. The number of hydrogen-bond donors (Lipinski definition) is 1. The average molecular weight is 272 g/mol. The zero-order valence-electron chi connectivity index (χ0n) is 11.3. The van der Waals surface area contributed by atoms with Crippen molar-refractivity contribution in [1.29, 1.82) is 0 Å². The fourth-order valence-electron chi connectivity index (χ4n) is 1.98. The van der Waals surface area contributed by atoms with Crippen molar-refractivity contribution in [2.45, 2.75) is 13.5 Å². The summed E-state index contributed by atoms with van der Waals surface area (Å²) in [6.07, 6.45) is 0. The van der Waals surface area contributed by atoms with Crippen molar-refractivity contribution in [2.75, 3.05) is 12.3 Å². The normalized spacial score (nSPS) is 10.3. The highest BCUT2D eigenvalue weighted by Crippen LogP contribution is 2.14. The van der Waals surface area contributed by atoms with Gasteiger partial charge in [-0.05, 0) is 36.8 Å². The third-order valence-corrected chi connectivity index (χ3v) is 3.13. The highest BCUT2D eigenvalue weighted by atomic mass is 19.1. The summed E-state index contributed by atoms with van der Waals surface area (Å²) in [5, 5.41) is 0. The minimum Gasteiger partial charge on any atom is -0.399 e. The first-order valence-electron chi connectivity index (χ1n) is 6.50. The number of nitrogens with zero attached hydrogens (tertiary/aromatic N) is 1. The van der Waals surface area contributed by atoms with E-state index in [4.69, 9.17) is 5.73 Å². The van der Waals surface area contributed by atoms with Crippen LogP contribution < -0.4 is 5.73 Å². The molecule has 4 heteroatoms. The summed E-state index contributed by atoms with van der Waals surface area (Å²) in [5.41, 5.74) is 7.37. The monoisotopic (exact) mass is 272 g/mol. The largest absolute Gasteiger partial charge is 0.399 e. The fraction of sp³-hybridized carbons (Fsp3) is 0.188. The molecule has 0 spiro atoms. The summed E-state index contributed by atoms with van der Waals surface area (Å²) < 4.78 is 13.7. The van der Waals surface area contributed by atoms with Crippen molar-refractivity contribution < 1.29 is 9.18 Å². The van der Waals surface area contributed by atoms with Crippen LogP contribution in [0.1, 0.15) is 22.8 Å².